The molecule has 0 bridgehead atoms. The van der Waals surface area contributed by atoms with Crippen molar-refractivity contribution in [1.29, 1.82) is 0 Å². The second-order valence-electron chi connectivity index (χ2n) is 7.70. The molecule has 0 radical (unpaired) electrons. The molecule has 1 saturated heterocycles. The quantitative estimate of drug-likeness (QED) is 0.733. The van der Waals surface area contributed by atoms with Gasteiger partial charge in [-0.2, -0.15) is 0 Å². The van der Waals surface area contributed by atoms with Crippen LogP contribution in [-0.4, -0.2) is 28.6 Å². The zero-order chi connectivity index (χ0) is 19.6. The first-order valence-electron chi connectivity index (χ1n) is 8.97. The summed E-state index contributed by atoms with van der Waals surface area (Å²) in [6.07, 6.45) is 1.57. The monoisotopic (exact) mass is 387 g/mol. The van der Waals surface area contributed by atoms with Crippen molar-refractivity contribution in [2.24, 2.45) is 0 Å². The molecule has 5 nitrogen and oxygen atoms in total. The lowest BCUT2D eigenvalue weighted by Gasteiger charge is -2.25. The van der Waals surface area contributed by atoms with E-state index in [-0.39, 0.29) is 29.3 Å². The summed E-state index contributed by atoms with van der Waals surface area (Å²) in [5, 5.41) is -0.291. The van der Waals surface area contributed by atoms with E-state index in [9.17, 15) is 9.59 Å². The summed E-state index contributed by atoms with van der Waals surface area (Å²) < 4.78 is 10.9. The molecule has 0 spiro atoms. The van der Waals surface area contributed by atoms with Crippen molar-refractivity contribution in [2.75, 3.05) is 5.75 Å². The van der Waals surface area contributed by atoms with Gasteiger partial charge in [-0.3, -0.25) is 4.79 Å². The van der Waals surface area contributed by atoms with Crippen molar-refractivity contribution in [2.45, 2.75) is 51.1 Å². The molecule has 1 aliphatic rings. The molecule has 2 heterocycles. The number of nitrogens with zero attached hydrogens (tertiary/aromatic N) is 1. The van der Waals surface area contributed by atoms with Crippen LogP contribution in [0.15, 0.2) is 47.1 Å². The van der Waals surface area contributed by atoms with E-state index < -0.39 is 6.04 Å². The van der Waals surface area contributed by atoms with Crippen molar-refractivity contribution in [3.63, 3.8) is 0 Å². The maximum atomic E-state index is 12.6. The summed E-state index contributed by atoms with van der Waals surface area (Å²) >= 11 is 1.51. The van der Waals surface area contributed by atoms with Crippen molar-refractivity contribution in [1.82, 2.24) is 4.90 Å². The van der Waals surface area contributed by atoms with Crippen molar-refractivity contribution in [3.05, 3.63) is 59.5 Å². The Morgan fingerprint density at radius 1 is 1.22 bits per heavy atom. The van der Waals surface area contributed by atoms with E-state index in [1.165, 1.54) is 24.2 Å². The average molecular weight is 388 g/mol. The molecular weight excluding hydrogens is 362 g/mol. The van der Waals surface area contributed by atoms with E-state index in [0.717, 1.165) is 5.56 Å². The minimum absolute atomic E-state index is 0.0825. The van der Waals surface area contributed by atoms with Gasteiger partial charge in [-0.1, -0.05) is 45.0 Å². The molecule has 27 heavy (non-hydrogen) atoms. The maximum absolute atomic E-state index is 12.6. The number of rotatable bonds is 4. The number of thioether (sulfide) groups is 1. The molecule has 6 heteroatoms. The Labute approximate surface area is 164 Å². The number of amides is 1. The third kappa shape index (κ3) is 4.38. The highest BCUT2D eigenvalue weighted by Gasteiger charge is 2.43. The van der Waals surface area contributed by atoms with Crippen LogP contribution >= 0.6 is 11.8 Å². The largest absolute Gasteiger partial charge is 0.466 e. The number of carbonyl (C=O) groups excluding carboxylic acids is 2. The highest BCUT2D eigenvalue weighted by atomic mass is 32.2. The van der Waals surface area contributed by atoms with Crippen LogP contribution < -0.4 is 0 Å². The van der Waals surface area contributed by atoms with Crippen LogP contribution in [0.5, 0.6) is 0 Å². The van der Waals surface area contributed by atoms with Gasteiger partial charge in [0.15, 0.2) is 0 Å². The SMILES string of the molecule is CC(=O)N1[C@@H](C(=O)OCc2ccc(C(C)(C)C)cc2)CS[C@H]1c1ccco1. The molecule has 144 valence electrons. The van der Waals surface area contributed by atoms with Crippen molar-refractivity contribution in [3.8, 4) is 0 Å². The average Bonchev–Trinajstić information content (AvgIpc) is 3.28. The molecule has 2 atom stereocenters. The Bertz CT molecular complexity index is 793. The predicted octanol–water partition coefficient (Wildman–Crippen LogP) is 4.28. The van der Waals surface area contributed by atoms with Crippen molar-refractivity contribution >= 4 is 23.6 Å². The summed E-state index contributed by atoms with van der Waals surface area (Å²) in [5.74, 6) is 0.611. The van der Waals surface area contributed by atoms with E-state index in [4.69, 9.17) is 9.15 Å². The number of furan rings is 1. The lowest BCUT2D eigenvalue weighted by Crippen LogP contribution is -2.42. The van der Waals surface area contributed by atoms with Crippen LogP contribution in [0.1, 0.15) is 50.0 Å². The molecule has 1 aromatic carbocycles. The van der Waals surface area contributed by atoms with Gasteiger partial charge in [0.05, 0.1) is 6.26 Å². The van der Waals surface area contributed by atoms with Crippen LogP contribution in [0.25, 0.3) is 0 Å². The molecule has 1 aromatic heterocycles. The highest BCUT2D eigenvalue weighted by molar-refractivity contribution is 7.99. The normalized spacial score (nSPS) is 19.9. The van der Waals surface area contributed by atoms with E-state index in [2.05, 4.69) is 32.9 Å². The summed E-state index contributed by atoms with van der Waals surface area (Å²) in [7, 11) is 0. The topological polar surface area (TPSA) is 59.8 Å². The summed E-state index contributed by atoms with van der Waals surface area (Å²) in [6, 6.07) is 11.1. The summed E-state index contributed by atoms with van der Waals surface area (Å²) in [5.41, 5.74) is 2.24. The van der Waals surface area contributed by atoms with E-state index >= 15 is 0 Å². The first-order chi connectivity index (χ1) is 12.8. The zero-order valence-electron chi connectivity index (χ0n) is 16.1. The molecule has 3 rings (SSSR count). The minimum Gasteiger partial charge on any atom is -0.466 e. The van der Waals surface area contributed by atoms with Crippen LogP contribution in [-0.2, 0) is 26.3 Å². The minimum atomic E-state index is -0.601. The number of hydrogen-bond acceptors (Lipinski definition) is 5. The lowest BCUT2D eigenvalue weighted by molar-refractivity contribution is -0.154. The molecule has 0 unspecified atom stereocenters. The number of carbonyl (C=O) groups is 2. The Balaban J connectivity index is 1.64. The third-order valence-corrected chi connectivity index (χ3v) is 5.91. The van der Waals surface area contributed by atoms with Gasteiger partial charge in [0.25, 0.3) is 0 Å². The van der Waals surface area contributed by atoms with Gasteiger partial charge in [0, 0.05) is 12.7 Å². The molecule has 0 saturated carbocycles. The van der Waals surface area contributed by atoms with E-state index in [1.807, 2.05) is 18.2 Å². The first kappa shape index (κ1) is 19.5. The Morgan fingerprint density at radius 2 is 1.93 bits per heavy atom. The molecule has 1 aliphatic heterocycles. The fourth-order valence-electron chi connectivity index (χ4n) is 3.08. The van der Waals surface area contributed by atoms with Gasteiger partial charge >= 0.3 is 5.97 Å². The fourth-order valence-corrected chi connectivity index (χ4v) is 4.49. The molecule has 1 amide bonds. The van der Waals surface area contributed by atoms with Crippen LogP contribution in [0, 0.1) is 0 Å². The van der Waals surface area contributed by atoms with Crippen LogP contribution in [0.4, 0.5) is 0 Å². The molecular formula is C21H25NO4S. The predicted molar refractivity (Wildman–Crippen MR) is 105 cm³/mol. The van der Waals surface area contributed by atoms with Crippen LogP contribution in [0.2, 0.25) is 0 Å². The van der Waals surface area contributed by atoms with Gasteiger partial charge in [-0.05, 0) is 28.7 Å². The van der Waals surface area contributed by atoms with Gasteiger partial charge in [0.1, 0.15) is 23.8 Å². The molecule has 0 N–H and O–H groups in total. The van der Waals surface area contributed by atoms with Gasteiger partial charge < -0.3 is 14.1 Å². The highest BCUT2D eigenvalue weighted by Crippen LogP contribution is 2.41. The lowest BCUT2D eigenvalue weighted by atomic mass is 9.87. The number of esters is 1. The Morgan fingerprint density at radius 3 is 2.48 bits per heavy atom. The van der Waals surface area contributed by atoms with E-state index in [0.29, 0.717) is 11.5 Å². The smallest absolute Gasteiger partial charge is 0.330 e. The van der Waals surface area contributed by atoms with E-state index in [1.54, 1.807) is 17.2 Å². The number of benzene rings is 1. The maximum Gasteiger partial charge on any atom is 0.330 e. The number of hydrogen-bond donors (Lipinski definition) is 0. The second kappa shape index (κ2) is 7.80. The Hall–Kier alpha value is -2.21. The van der Waals surface area contributed by atoms with Gasteiger partial charge in [-0.15, -0.1) is 11.8 Å². The Kier molecular flexibility index (Phi) is 5.65. The summed E-state index contributed by atoms with van der Waals surface area (Å²) in [6.45, 7) is 8.14. The standard InChI is InChI=1S/C21H25NO4S/c1-14(23)22-17(13-27-19(22)18-6-5-11-25-18)20(24)26-12-15-7-9-16(10-8-15)21(2,3)4/h5-11,17,19H,12-13H2,1-4H3/t17-,19+/m1/s1. The molecule has 0 aliphatic carbocycles. The van der Waals surface area contributed by atoms with Gasteiger partial charge in [-0.25, -0.2) is 4.79 Å². The van der Waals surface area contributed by atoms with Gasteiger partial charge in [0.2, 0.25) is 5.91 Å². The molecule has 2 aromatic rings. The second-order valence-corrected chi connectivity index (χ2v) is 8.81. The first-order valence-corrected chi connectivity index (χ1v) is 10.0. The fraction of sp³-hybridized carbons (Fsp3) is 0.429. The summed E-state index contributed by atoms with van der Waals surface area (Å²) in [4.78, 5) is 26.3. The van der Waals surface area contributed by atoms with Crippen molar-refractivity contribution < 1.29 is 18.7 Å². The third-order valence-electron chi connectivity index (χ3n) is 4.62. The zero-order valence-corrected chi connectivity index (χ0v) is 16.9. The molecule has 1 fully saturated rings. The van der Waals surface area contributed by atoms with Crippen LogP contribution in [0.3, 0.4) is 0 Å². The number of ether oxygens (including phenoxy) is 1.